The van der Waals surface area contributed by atoms with Crippen LogP contribution in [0.25, 0.3) is 10.9 Å². The zero-order chi connectivity index (χ0) is 30.5. The topological polar surface area (TPSA) is 140 Å². The molecule has 0 spiro atoms. The standard InChI is InChI=1S/C28H23ClF3N7O4/c29-18-10-21-17(12-37(36-21)14-28(43)4-2-5-28)9-22(18)34-25-35-26(41)39(13-16-3-1-6-33-24(16)40)27(42)38(25)11-15-7-19(30)23(32)20(31)8-15/h1,3,6-10,12,43H,2,4-5,11,13-14H2,(H,33,40)(H,34,35,41). The van der Waals surface area contributed by atoms with Crippen LogP contribution in [-0.4, -0.2) is 39.6 Å². The van der Waals surface area contributed by atoms with Gasteiger partial charge in [0.1, 0.15) is 0 Å². The number of nitrogens with zero attached hydrogens (tertiary/aromatic N) is 5. The number of benzene rings is 2. The lowest BCUT2D eigenvalue weighted by Crippen LogP contribution is -2.43. The van der Waals surface area contributed by atoms with E-state index in [1.54, 1.807) is 23.0 Å². The van der Waals surface area contributed by atoms with Gasteiger partial charge in [0.15, 0.2) is 17.5 Å². The minimum absolute atomic E-state index is 0.0895. The zero-order valence-corrected chi connectivity index (χ0v) is 23.0. The number of hydrogen-bond acceptors (Lipinski definition) is 7. The molecule has 1 saturated carbocycles. The minimum atomic E-state index is -1.68. The summed E-state index contributed by atoms with van der Waals surface area (Å²) in [5.74, 6) is -4.93. The van der Waals surface area contributed by atoms with Crippen molar-refractivity contribution in [2.45, 2.75) is 44.5 Å². The van der Waals surface area contributed by atoms with Crippen molar-refractivity contribution in [3.05, 3.63) is 114 Å². The summed E-state index contributed by atoms with van der Waals surface area (Å²) < 4.78 is 44.9. The predicted molar refractivity (Wildman–Crippen MR) is 151 cm³/mol. The Bertz CT molecular complexity index is 2040. The Morgan fingerprint density at radius 3 is 2.47 bits per heavy atom. The summed E-state index contributed by atoms with van der Waals surface area (Å²) in [5, 5.41) is 18.6. The van der Waals surface area contributed by atoms with Crippen LogP contribution >= 0.6 is 11.6 Å². The fourth-order valence-electron chi connectivity index (χ4n) is 4.97. The van der Waals surface area contributed by atoms with E-state index in [0.717, 1.165) is 23.1 Å². The first-order valence-corrected chi connectivity index (χ1v) is 13.6. The average Bonchev–Trinajstić information content (AvgIpc) is 3.32. The van der Waals surface area contributed by atoms with E-state index in [-0.39, 0.29) is 27.8 Å². The Hall–Kier alpha value is -4.69. The van der Waals surface area contributed by atoms with Gasteiger partial charge in [0.25, 0.3) is 5.56 Å². The molecule has 15 heteroatoms. The van der Waals surface area contributed by atoms with Gasteiger partial charge in [0.05, 0.1) is 41.5 Å². The number of aromatic amines is 1. The lowest BCUT2D eigenvalue weighted by molar-refractivity contribution is -0.0496. The first-order chi connectivity index (χ1) is 20.5. The third-order valence-electron chi connectivity index (χ3n) is 7.39. The number of aromatic nitrogens is 6. The Balaban J connectivity index is 1.42. The van der Waals surface area contributed by atoms with E-state index in [0.29, 0.717) is 34.9 Å². The zero-order valence-electron chi connectivity index (χ0n) is 22.3. The number of pyridine rings is 1. The molecule has 11 nitrogen and oxygen atoms in total. The molecule has 1 aliphatic carbocycles. The van der Waals surface area contributed by atoms with Crippen molar-refractivity contribution in [3.63, 3.8) is 0 Å². The molecule has 0 atom stereocenters. The first-order valence-electron chi connectivity index (χ1n) is 13.2. The smallest absolute Gasteiger partial charge is 0.355 e. The molecule has 3 heterocycles. The number of anilines is 2. The van der Waals surface area contributed by atoms with Gasteiger partial charge < -0.3 is 15.4 Å². The number of H-pyrrole nitrogens is 1. The van der Waals surface area contributed by atoms with Gasteiger partial charge in [-0.25, -0.2) is 27.3 Å². The normalized spacial score (nSPS) is 14.2. The van der Waals surface area contributed by atoms with Crippen molar-refractivity contribution in [2.75, 3.05) is 5.32 Å². The summed E-state index contributed by atoms with van der Waals surface area (Å²) >= 11 is 6.50. The van der Waals surface area contributed by atoms with E-state index in [1.807, 2.05) is 0 Å². The molecule has 0 unspecified atom stereocenters. The molecule has 6 rings (SSSR count). The van der Waals surface area contributed by atoms with Crippen LogP contribution in [0, 0.1) is 17.5 Å². The third-order valence-corrected chi connectivity index (χ3v) is 7.70. The molecule has 2 aromatic carbocycles. The van der Waals surface area contributed by atoms with Crippen LogP contribution in [0.5, 0.6) is 0 Å². The second kappa shape index (κ2) is 10.9. The third kappa shape index (κ3) is 5.58. The maximum absolute atomic E-state index is 14.0. The molecule has 222 valence electrons. The molecule has 0 amide bonds. The van der Waals surface area contributed by atoms with Crippen molar-refractivity contribution in [1.82, 2.24) is 28.9 Å². The van der Waals surface area contributed by atoms with Gasteiger partial charge in [0, 0.05) is 23.3 Å². The van der Waals surface area contributed by atoms with E-state index in [4.69, 9.17) is 11.6 Å². The molecular formula is C28H23ClF3N7O4. The highest BCUT2D eigenvalue weighted by Gasteiger charge is 2.35. The van der Waals surface area contributed by atoms with Gasteiger partial charge in [0.2, 0.25) is 5.95 Å². The lowest BCUT2D eigenvalue weighted by atomic mass is 9.80. The predicted octanol–water partition coefficient (Wildman–Crippen LogP) is 3.27. The monoisotopic (exact) mass is 613 g/mol. The molecule has 0 bridgehead atoms. The Morgan fingerprint density at radius 2 is 1.79 bits per heavy atom. The number of hydrogen-bond donors (Lipinski definition) is 3. The molecule has 1 aliphatic rings. The van der Waals surface area contributed by atoms with Crippen LogP contribution in [0.2, 0.25) is 5.02 Å². The minimum Gasteiger partial charge on any atom is -0.388 e. The SMILES string of the molecule is O=c1[nH]cccc1Cn1c(=O)nc(Nc2cc3cn(CC4(O)CCC4)nc3cc2Cl)n(Cc2cc(F)c(F)c(F)c2)c1=O. The van der Waals surface area contributed by atoms with Gasteiger partial charge in [-0.3, -0.25) is 14.0 Å². The molecule has 0 saturated heterocycles. The van der Waals surface area contributed by atoms with E-state index in [9.17, 15) is 32.7 Å². The van der Waals surface area contributed by atoms with Gasteiger partial charge >= 0.3 is 11.4 Å². The number of halogens is 4. The molecule has 5 aromatic rings. The van der Waals surface area contributed by atoms with Crippen molar-refractivity contribution in [1.29, 1.82) is 0 Å². The van der Waals surface area contributed by atoms with Gasteiger partial charge in [-0.2, -0.15) is 10.1 Å². The summed E-state index contributed by atoms with van der Waals surface area (Å²) in [6, 6.07) is 7.53. The maximum atomic E-state index is 14.0. The molecule has 0 radical (unpaired) electrons. The van der Waals surface area contributed by atoms with Crippen molar-refractivity contribution in [2.24, 2.45) is 0 Å². The van der Waals surface area contributed by atoms with Gasteiger partial charge in [-0.05, 0) is 55.2 Å². The molecule has 3 N–H and O–H groups in total. The summed E-state index contributed by atoms with van der Waals surface area (Å²) in [5.41, 5.74) is -2.61. The average molecular weight is 614 g/mol. The van der Waals surface area contributed by atoms with E-state index in [2.05, 4.69) is 20.4 Å². The maximum Gasteiger partial charge on any atom is 0.355 e. The summed E-state index contributed by atoms with van der Waals surface area (Å²) in [6.45, 7) is -0.661. The number of aliphatic hydroxyl groups is 1. The van der Waals surface area contributed by atoms with Gasteiger partial charge in [-0.15, -0.1) is 0 Å². The summed E-state index contributed by atoms with van der Waals surface area (Å²) in [4.78, 5) is 45.3. The van der Waals surface area contributed by atoms with Crippen LogP contribution in [0.1, 0.15) is 30.4 Å². The summed E-state index contributed by atoms with van der Waals surface area (Å²) in [7, 11) is 0. The Kier molecular flexibility index (Phi) is 7.18. The number of nitrogens with one attached hydrogen (secondary N) is 2. The number of fused-ring (bicyclic) bond motifs is 1. The van der Waals surface area contributed by atoms with Crippen LogP contribution in [0.3, 0.4) is 0 Å². The van der Waals surface area contributed by atoms with Crippen molar-refractivity contribution in [3.8, 4) is 0 Å². The van der Waals surface area contributed by atoms with Crippen LogP contribution in [0.4, 0.5) is 24.8 Å². The van der Waals surface area contributed by atoms with Crippen LogP contribution in [0.15, 0.2) is 63.2 Å². The van der Waals surface area contributed by atoms with E-state index >= 15 is 0 Å². The molecule has 0 aliphatic heterocycles. The van der Waals surface area contributed by atoms with E-state index in [1.165, 1.54) is 18.3 Å². The summed E-state index contributed by atoms with van der Waals surface area (Å²) in [6.07, 6.45) is 5.38. The fraction of sp³-hybridized carbons (Fsp3) is 0.250. The fourth-order valence-corrected chi connectivity index (χ4v) is 5.18. The largest absolute Gasteiger partial charge is 0.388 e. The first kappa shape index (κ1) is 28.4. The van der Waals surface area contributed by atoms with Gasteiger partial charge in [-0.1, -0.05) is 17.7 Å². The highest BCUT2D eigenvalue weighted by molar-refractivity contribution is 6.34. The van der Waals surface area contributed by atoms with Crippen LogP contribution < -0.4 is 22.3 Å². The molecule has 43 heavy (non-hydrogen) atoms. The molecule has 1 fully saturated rings. The number of rotatable bonds is 8. The highest BCUT2D eigenvalue weighted by atomic mass is 35.5. The second-order valence-corrected chi connectivity index (χ2v) is 10.9. The highest BCUT2D eigenvalue weighted by Crippen LogP contribution is 2.34. The molecule has 3 aromatic heterocycles. The van der Waals surface area contributed by atoms with Crippen molar-refractivity contribution < 1.29 is 18.3 Å². The van der Waals surface area contributed by atoms with Crippen molar-refractivity contribution >= 4 is 34.1 Å². The lowest BCUT2D eigenvalue weighted by Gasteiger charge is -2.36. The second-order valence-electron chi connectivity index (χ2n) is 10.5. The van der Waals surface area contributed by atoms with E-state index < -0.39 is 53.1 Å². The Labute approximate surface area is 244 Å². The molecular weight excluding hydrogens is 591 g/mol. The van der Waals surface area contributed by atoms with Crippen LogP contribution in [-0.2, 0) is 19.6 Å². The Morgan fingerprint density at radius 1 is 1.05 bits per heavy atom. The quantitative estimate of drug-likeness (QED) is 0.228.